The van der Waals surface area contributed by atoms with Crippen LogP contribution in [0.1, 0.15) is 13.3 Å². The van der Waals surface area contributed by atoms with E-state index in [2.05, 4.69) is 0 Å². The number of fused-ring (bicyclic) bond motifs is 1. The number of benzene rings is 1. The molecule has 0 saturated heterocycles. The molecule has 1 aliphatic rings. The lowest BCUT2D eigenvalue weighted by atomic mass is 10.2. The molecular formula is C10H10FNO4. The highest BCUT2D eigenvalue weighted by atomic mass is 19.1. The van der Waals surface area contributed by atoms with Gasteiger partial charge in [0.15, 0.2) is 11.5 Å². The van der Waals surface area contributed by atoms with Gasteiger partial charge in [0.05, 0.1) is 11.0 Å². The number of nitro groups is 1. The minimum atomic E-state index is -0.915. The highest BCUT2D eigenvalue weighted by Gasteiger charge is 2.25. The lowest BCUT2D eigenvalue weighted by molar-refractivity contribution is -0.387. The monoisotopic (exact) mass is 227 g/mol. The standard InChI is InChI=1S/C10H10FNO4/c1-2-6-5-15-9-3-7(11)8(12(13)14)4-10(9)16-6/h3-4,6H,2,5H2,1H3. The first kappa shape index (κ1) is 10.7. The molecule has 1 unspecified atom stereocenters. The van der Waals surface area contributed by atoms with Crippen LogP contribution in [0.25, 0.3) is 0 Å². The van der Waals surface area contributed by atoms with E-state index in [0.717, 1.165) is 18.6 Å². The summed E-state index contributed by atoms with van der Waals surface area (Å²) >= 11 is 0. The van der Waals surface area contributed by atoms with Crippen LogP contribution in [0.15, 0.2) is 12.1 Å². The van der Waals surface area contributed by atoms with Crippen molar-refractivity contribution in [3.05, 3.63) is 28.1 Å². The van der Waals surface area contributed by atoms with E-state index in [-0.39, 0.29) is 17.6 Å². The summed E-state index contributed by atoms with van der Waals surface area (Å²) in [6, 6.07) is 2.05. The second-order valence-electron chi connectivity index (χ2n) is 3.47. The van der Waals surface area contributed by atoms with Gasteiger partial charge >= 0.3 is 5.69 Å². The van der Waals surface area contributed by atoms with Crippen molar-refractivity contribution in [3.63, 3.8) is 0 Å². The van der Waals surface area contributed by atoms with Crippen molar-refractivity contribution in [2.75, 3.05) is 6.61 Å². The molecule has 2 rings (SSSR count). The van der Waals surface area contributed by atoms with Gasteiger partial charge in [-0.1, -0.05) is 6.92 Å². The van der Waals surface area contributed by atoms with Crippen LogP contribution in [-0.2, 0) is 0 Å². The van der Waals surface area contributed by atoms with Crippen LogP contribution in [0.4, 0.5) is 10.1 Å². The zero-order valence-electron chi connectivity index (χ0n) is 8.60. The van der Waals surface area contributed by atoms with E-state index >= 15 is 0 Å². The maximum absolute atomic E-state index is 13.2. The normalized spacial score (nSPS) is 18.2. The third-order valence-corrected chi connectivity index (χ3v) is 2.38. The first-order valence-corrected chi connectivity index (χ1v) is 4.89. The third-order valence-electron chi connectivity index (χ3n) is 2.38. The molecular weight excluding hydrogens is 217 g/mol. The summed E-state index contributed by atoms with van der Waals surface area (Å²) in [4.78, 5) is 9.74. The Labute approximate surface area is 90.9 Å². The Morgan fingerprint density at radius 3 is 2.94 bits per heavy atom. The fourth-order valence-electron chi connectivity index (χ4n) is 1.47. The Hall–Kier alpha value is -1.85. The van der Waals surface area contributed by atoms with Gasteiger partial charge < -0.3 is 9.47 Å². The van der Waals surface area contributed by atoms with Gasteiger partial charge in [-0.15, -0.1) is 0 Å². The van der Waals surface area contributed by atoms with Crippen molar-refractivity contribution in [1.29, 1.82) is 0 Å². The summed E-state index contributed by atoms with van der Waals surface area (Å²) in [7, 11) is 0. The molecule has 5 nitrogen and oxygen atoms in total. The molecule has 0 aliphatic carbocycles. The van der Waals surface area contributed by atoms with Gasteiger partial charge in [0, 0.05) is 6.07 Å². The van der Waals surface area contributed by atoms with Crippen LogP contribution >= 0.6 is 0 Å². The third kappa shape index (κ3) is 1.78. The van der Waals surface area contributed by atoms with Crippen LogP contribution in [0, 0.1) is 15.9 Å². The second kappa shape index (κ2) is 3.96. The minimum absolute atomic E-state index is 0.141. The summed E-state index contributed by atoms with van der Waals surface area (Å²) in [5.41, 5.74) is -0.598. The molecule has 86 valence electrons. The molecule has 0 bridgehead atoms. The molecule has 1 aromatic carbocycles. The Bertz CT molecular complexity index is 435. The van der Waals surface area contributed by atoms with E-state index in [1.807, 2.05) is 6.92 Å². The number of hydrogen-bond donors (Lipinski definition) is 0. The van der Waals surface area contributed by atoms with Crippen molar-refractivity contribution in [2.45, 2.75) is 19.4 Å². The zero-order valence-corrected chi connectivity index (χ0v) is 8.60. The molecule has 16 heavy (non-hydrogen) atoms. The van der Waals surface area contributed by atoms with Gasteiger partial charge in [-0.25, -0.2) is 0 Å². The van der Waals surface area contributed by atoms with Crippen molar-refractivity contribution >= 4 is 5.69 Å². The van der Waals surface area contributed by atoms with Crippen LogP contribution < -0.4 is 9.47 Å². The highest BCUT2D eigenvalue weighted by molar-refractivity contribution is 5.50. The molecule has 0 spiro atoms. The smallest absolute Gasteiger partial charge is 0.308 e. The van der Waals surface area contributed by atoms with Crippen molar-refractivity contribution in [3.8, 4) is 11.5 Å². The van der Waals surface area contributed by atoms with E-state index in [4.69, 9.17) is 9.47 Å². The number of halogens is 1. The van der Waals surface area contributed by atoms with E-state index in [1.54, 1.807) is 0 Å². The summed E-state index contributed by atoms with van der Waals surface area (Å²) in [6.07, 6.45) is 0.586. The van der Waals surface area contributed by atoms with Crippen LogP contribution in [0.5, 0.6) is 11.5 Å². The molecule has 0 N–H and O–H groups in total. The predicted octanol–water partition coefficient (Wildman–Crippen LogP) is 2.28. The van der Waals surface area contributed by atoms with Gasteiger partial charge in [0.1, 0.15) is 12.7 Å². The molecule has 6 heteroatoms. The Morgan fingerprint density at radius 1 is 1.56 bits per heavy atom. The van der Waals surface area contributed by atoms with E-state index in [1.165, 1.54) is 0 Å². The Kier molecular flexibility index (Phi) is 2.64. The summed E-state index contributed by atoms with van der Waals surface area (Å²) in [5, 5.41) is 10.5. The van der Waals surface area contributed by atoms with Crippen LogP contribution in [0.3, 0.4) is 0 Å². The highest BCUT2D eigenvalue weighted by Crippen LogP contribution is 2.37. The second-order valence-corrected chi connectivity index (χ2v) is 3.47. The zero-order chi connectivity index (χ0) is 11.7. The summed E-state index contributed by atoms with van der Waals surface area (Å²) in [6.45, 7) is 2.25. The molecule has 1 aliphatic heterocycles. The minimum Gasteiger partial charge on any atom is -0.486 e. The number of nitrogens with zero attached hydrogens (tertiary/aromatic N) is 1. The average molecular weight is 227 g/mol. The van der Waals surface area contributed by atoms with Gasteiger partial charge in [-0.2, -0.15) is 4.39 Å². The number of nitro benzene ring substituents is 1. The molecule has 0 aromatic heterocycles. The fourth-order valence-corrected chi connectivity index (χ4v) is 1.47. The lowest BCUT2D eigenvalue weighted by Gasteiger charge is -2.25. The molecule has 1 heterocycles. The first-order chi connectivity index (χ1) is 7.61. The number of ether oxygens (including phenoxy) is 2. The SMILES string of the molecule is CCC1COc2cc(F)c([N+](=O)[O-])cc2O1. The van der Waals surface area contributed by atoms with E-state index in [9.17, 15) is 14.5 Å². The number of hydrogen-bond acceptors (Lipinski definition) is 4. The van der Waals surface area contributed by atoms with E-state index < -0.39 is 16.4 Å². The Morgan fingerprint density at radius 2 is 2.31 bits per heavy atom. The van der Waals surface area contributed by atoms with Crippen molar-refractivity contribution in [2.24, 2.45) is 0 Å². The van der Waals surface area contributed by atoms with Gasteiger partial charge in [-0.3, -0.25) is 10.1 Å². The first-order valence-electron chi connectivity index (χ1n) is 4.89. The molecule has 0 saturated carbocycles. The molecule has 1 atom stereocenters. The summed E-state index contributed by atoms with van der Waals surface area (Å²) in [5.74, 6) is -0.471. The fraction of sp³-hybridized carbons (Fsp3) is 0.400. The van der Waals surface area contributed by atoms with E-state index in [0.29, 0.717) is 6.61 Å². The van der Waals surface area contributed by atoms with Gasteiger partial charge in [0.25, 0.3) is 0 Å². The number of rotatable bonds is 2. The van der Waals surface area contributed by atoms with Crippen LogP contribution in [-0.4, -0.2) is 17.6 Å². The Balaban J connectivity index is 2.39. The summed E-state index contributed by atoms with van der Waals surface area (Å²) < 4.78 is 23.9. The molecule has 0 amide bonds. The maximum atomic E-state index is 13.2. The maximum Gasteiger partial charge on any atom is 0.308 e. The quantitative estimate of drug-likeness (QED) is 0.574. The average Bonchev–Trinajstić information content (AvgIpc) is 2.27. The van der Waals surface area contributed by atoms with Crippen molar-refractivity contribution < 1.29 is 18.8 Å². The topological polar surface area (TPSA) is 61.6 Å². The van der Waals surface area contributed by atoms with Gasteiger partial charge in [0.2, 0.25) is 5.82 Å². The molecule has 0 radical (unpaired) electrons. The van der Waals surface area contributed by atoms with Crippen LogP contribution in [0.2, 0.25) is 0 Å². The molecule has 1 aromatic rings. The largest absolute Gasteiger partial charge is 0.486 e. The van der Waals surface area contributed by atoms with Crippen molar-refractivity contribution in [1.82, 2.24) is 0 Å². The lowest BCUT2D eigenvalue weighted by Crippen LogP contribution is -2.28. The predicted molar refractivity (Wildman–Crippen MR) is 53.3 cm³/mol. The van der Waals surface area contributed by atoms with Gasteiger partial charge in [-0.05, 0) is 6.42 Å². The molecule has 0 fully saturated rings.